The van der Waals surface area contributed by atoms with Gasteiger partial charge in [0.1, 0.15) is 0 Å². The normalized spacial score (nSPS) is 15.0. The van der Waals surface area contributed by atoms with E-state index in [2.05, 4.69) is 49.2 Å². The van der Waals surface area contributed by atoms with E-state index in [1.54, 1.807) is 0 Å². The summed E-state index contributed by atoms with van der Waals surface area (Å²) >= 11 is 0. The van der Waals surface area contributed by atoms with E-state index in [-0.39, 0.29) is 0 Å². The van der Waals surface area contributed by atoms with Gasteiger partial charge in [-0.05, 0) is 44.0 Å². The Balaban J connectivity index is 1.72. The first-order chi connectivity index (χ1) is 11.6. The van der Waals surface area contributed by atoms with Gasteiger partial charge in [0.15, 0.2) is 0 Å². The summed E-state index contributed by atoms with van der Waals surface area (Å²) in [6.45, 7) is 11.9. The van der Waals surface area contributed by atoms with Gasteiger partial charge < -0.3 is 15.1 Å². The van der Waals surface area contributed by atoms with Crippen molar-refractivity contribution in [1.82, 2.24) is 10.2 Å². The third kappa shape index (κ3) is 5.23. The number of carbonyl (C=O) groups excluding carboxylic acids is 1. The molecule has 1 aliphatic heterocycles. The molecular formula is C20H33N3O. The fourth-order valence-electron chi connectivity index (χ4n) is 3.25. The summed E-state index contributed by atoms with van der Waals surface area (Å²) in [6, 6.07) is 6.48. The lowest BCUT2D eigenvalue weighted by atomic mass is 10.1. The predicted molar refractivity (Wildman–Crippen MR) is 102 cm³/mol. The number of amides is 1. The van der Waals surface area contributed by atoms with Gasteiger partial charge in [-0.1, -0.05) is 31.9 Å². The molecule has 0 aromatic heterocycles. The van der Waals surface area contributed by atoms with Crippen molar-refractivity contribution in [2.75, 3.05) is 44.2 Å². The van der Waals surface area contributed by atoms with Crippen LogP contribution in [-0.2, 0) is 4.79 Å². The maximum Gasteiger partial charge on any atom is 0.223 e. The van der Waals surface area contributed by atoms with Crippen LogP contribution < -0.4 is 10.2 Å². The average molecular weight is 332 g/mol. The Hall–Kier alpha value is -1.55. The Bertz CT molecular complexity index is 522. The molecule has 1 saturated heterocycles. The maximum atomic E-state index is 12.3. The van der Waals surface area contributed by atoms with Crippen LogP contribution in [0.2, 0.25) is 0 Å². The lowest BCUT2D eigenvalue weighted by Crippen LogP contribution is -2.49. The molecule has 0 aliphatic carbocycles. The Morgan fingerprint density at radius 1 is 1.08 bits per heavy atom. The largest absolute Gasteiger partial charge is 0.368 e. The fraction of sp³-hybridized carbons (Fsp3) is 0.650. The molecule has 1 heterocycles. The molecule has 0 atom stereocenters. The molecule has 0 radical (unpaired) electrons. The van der Waals surface area contributed by atoms with Crippen LogP contribution in [-0.4, -0.2) is 50.1 Å². The smallest absolute Gasteiger partial charge is 0.223 e. The highest BCUT2D eigenvalue weighted by Gasteiger charge is 2.21. The molecule has 134 valence electrons. The van der Waals surface area contributed by atoms with E-state index in [1.165, 1.54) is 36.1 Å². The lowest BCUT2D eigenvalue weighted by Gasteiger charge is -2.37. The second kappa shape index (κ2) is 9.67. The standard InChI is InChI=1S/C20H33N3O/c1-4-5-6-11-21-12-10-20(24)23-15-13-22(14-16-23)19-9-7-8-17(2)18(19)3/h7-9,21H,4-6,10-16H2,1-3H3. The Labute approximate surface area is 147 Å². The Morgan fingerprint density at radius 2 is 1.83 bits per heavy atom. The quantitative estimate of drug-likeness (QED) is 0.744. The van der Waals surface area contributed by atoms with Gasteiger partial charge in [-0.3, -0.25) is 4.79 Å². The minimum Gasteiger partial charge on any atom is -0.368 e. The minimum atomic E-state index is 0.290. The number of benzene rings is 1. The number of nitrogens with one attached hydrogen (secondary N) is 1. The molecule has 1 fully saturated rings. The van der Waals surface area contributed by atoms with E-state index in [9.17, 15) is 4.79 Å². The van der Waals surface area contributed by atoms with Gasteiger partial charge >= 0.3 is 0 Å². The summed E-state index contributed by atoms with van der Waals surface area (Å²) in [6.07, 6.45) is 4.33. The van der Waals surface area contributed by atoms with Crippen molar-refractivity contribution < 1.29 is 4.79 Å². The lowest BCUT2D eigenvalue weighted by molar-refractivity contribution is -0.131. The highest BCUT2D eigenvalue weighted by molar-refractivity contribution is 5.76. The topological polar surface area (TPSA) is 35.6 Å². The number of carbonyl (C=O) groups is 1. The Morgan fingerprint density at radius 3 is 2.54 bits per heavy atom. The summed E-state index contributed by atoms with van der Waals surface area (Å²) < 4.78 is 0. The van der Waals surface area contributed by atoms with Crippen LogP contribution in [0.15, 0.2) is 18.2 Å². The van der Waals surface area contributed by atoms with Crippen LogP contribution in [0.1, 0.15) is 43.7 Å². The second-order valence-electron chi connectivity index (χ2n) is 6.79. The molecule has 0 saturated carbocycles. The highest BCUT2D eigenvalue weighted by atomic mass is 16.2. The predicted octanol–water partition coefficient (Wildman–Crippen LogP) is 3.12. The number of hydrogen-bond donors (Lipinski definition) is 1. The molecule has 2 rings (SSSR count). The number of unbranched alkanes of at least 4 members (excludes halogenated alkanes) is 2. The fourth-order valence-corrected chi connectivity index (χ4v) is 3.25. The number of rotatable bonds is 8. The minimum absolute atomic E-state index is 0.290. The molecule has 24 heavy (non-hydrogen) atoms. The zero-order valence-electron chi connectivity index (χ0n) is 15.6. The first kappa shape index (κ1) is 18.8. The summed E-state index contributed by atoms with van der Waals surface area (Å²) in [5, 5.41) is 3.38. The first-order valence-corrected chi connectivity index (χ1v) is 9.43. The summed E-state index contributed by atoms with van der Waals surface area (Å²) in [4.78, 5) is 16.8. The summed E-state index contributed by atoms with van der Waals surface area (Å²) in [5.41, 5.74) is 4.01. The molecule has 4 heteroatoms. The molecular weight excluding hydrogens is 298 g/mol. The van der Waals surface area contributed by atoms with E-state index in [0.29, 0.717) is 12.3 Å². The molecule has 4 nitrogen and oxygen atoms in total. The van der Waals surface area contributed by atoms with E-state index >= 15 is 0 Å². The number of aryl methyl sites for hydroxylation is 1. The number of piperazine rings is 1. The van der Waals surface area contributed by atoms with Crippen molar-refractivity contribution in [2.24, 2.45) is 0 Å². The van der Waals surface area contributed by atoms with Gasteiger partial charge in [0.2, 0.25) is 5.91 Å². The molecule has 1 aliphatic rings. The van der Waals surface area contributed by atoms with Gasteiger partial charge in [0.25, 0.3) is 0 Å². The monoisotopic (exact) mass is 331 g/mol. The van der Waals surface area contributed by atoms with E-state index < -0.39 is 0 Å². The maximum absolute atomic E-state index is 12.3. The molecule has 1 N–H and O–H groups in total. The second-order valence-corrected chi connectivity index (χ2v) is 6.79. The zero-order chi connectivity index (χ0) is 17.4. The zero-order valence-corrected chi connectivity index (χ0v) is 15.6. The van der Waals surface area contributed by atoms with Crippen LogP contribution in [0.25, 0.3) is 0 Å². The van der Waals surface area contributed by atoms with E-state index in [1.807, 2.05) is 4.90 Å². The van der Waals surface area contributed by atoms with E-state index in [0.717, 1.165) is 39.3 Å². The van der Waals surface area contributed by atoms with Crippen molar-refractivity contribution in [1.29, 1.82) is 0 Å². The van der Waals surface area contributed by atoms with E-state index in [4.69, 9.17) is 0 Å². The molecule has 0 bridgehead atoms. The molecule has 0 spiro atoms. The van der Waals surface area contributed by atoms with Gasteiger partial charge in [0.05, 0.1) is 0 Å². The SMILES string of the molecule is CCCCCNCCC(=O)N1CCN(c2cccc(C)c2C)CC1. The van der Waals surface area contributed by atoms with Crippen molar-refractivity contribution in [2.45, 2.75) is 46.5 Å². The van der Waals surface area contributed by atoms with Crippen molar-refractivity contribution in [3.8, 4) is 0 Å². The average Bonchev–Trinajstić information content (AvgIpc) is 2.60. The summed E-state index contributed by atoms with van der Waals surface area (Å²) in [7, 11) is 0. The van der Waals surface area contributed by atoms with Gasteiger partial charge in [0, 0.05) is 44.8 Å². The van der Waals surface area contributed by atoms with Crippen molar-refractivity contribution in [3.05, 3.63) is 29.3 Å². The highest BCUT2D eigenvalue weighted by Crippen LogP contribution is 2.23. The third-order valence-corrected chi connectivity index (χ3v) is 5.02. The molecule has 1 amide bonds. The van der Waals surface area contributed by atoms with Crippen molar-refractivity contribution in [3.63, 3.8) is 0 Å². The van der Waals surface area contributed by atoms with Gasteiger partial charge in [-0.15, -0.1) is 0 Å². The van der Waals surface area contributed by atoms with Crippen LogP contribution >= 0.6 is 0 Å². The molecule has 1 aromatic rings. The van der Waals surface area contributed by atoms with Crippen LogP contribution in [0, 0.1) is 13.8 Å². The van der Waals surface area contributed by atoms with Crippen molar-refractivity contribution >= 4 is 11.6 Å². The van der Waals surface area contributed by atoms with Crippen LogP contribution in [0.4, 0.5) is 5.69 Å². The third-order valence-electron chi connectivity index (χ3n) is 5.02. The van der Waals surface area contributed by atoms with Crippen LogP contribution in [0.3, 0.4) is 0 Å². The van der Waals surface area contributed by atoms with Gasteiger partial charge in [-0.2, -0.15) is 0 Å². The number of hydrogen-bond acceptors (Lipinski definition) is 3. The molecule has 1 aromatic carbocycles. The van der Waals surface area contributed by atoms with Gasteiger partial charge in [-0.25, -0.2) is 0 Å². The summed E-state index contributed by atoms with van der Waals surface area (Å²) in [5.74, 6) is 0.290. The van der Waals surface area contributed by atoms with Crippen LogP contribution in [0.5, 0.6) is 0 Å². The Kier molecular flexibility index (Phi) is 7.57. The first-order valence-electron chi connectivity index (χ1n) is 9.43. The number of anilines is 1. The number of nitrogens with zero attached hydrogens (tertiary/aromatic N) is 2. The molecule has 0 unspecified atom stereocenters.